The van der Waals surface area contributed by atoms with Crippen LogP contribution in [0.3, 0.4) is 0 Å². The summed E-state index contributed by atoms with van der Waals surface area (Å²) in [5.41, 5.74) is 9.09. The van der Waals surface area contributed by atoms with E-state index in [0.717, 1.165) is 28.8 Å². The van der Waals surface area contributed by atoms with Crippen LogP contribution in [0, 0.1) is 25.5 Å². The highest BCUT2D eigenvalue weighted by molar-refractivity contribution is 7.92. The standard InChI is InChI=1S/C34H32ClF2N7O4S.ClH/c1-18-12-19(2)39-31-28(18)34(45)44(32(40-31)26(38)15-21-13-22(36)16-23(37)14-21)27-11-10-25(35)29-30(27)42(3)41-33(29)43(49(5,46)47)17-20-6-8-24(48-4)9-7-20;/h6-14,16,26H,15,17,38H2,1-5H3;1H. The molecule has 6 aromatic rings. The fourth-order valence-electron chi connectivity index (χ4n) is 6.03. The maximum atomic E-state index is 14.5. The molecule has 2 N–H and O–H groups in total. The van der Waals surface area contributed by atoms with Crippen LogP contribution in [-0.2, 0) is 30.0 Å². The van der Waals surface area contributed by atoms with E-state index in [-0.39, 0.29) is 69.7 Å². The Morgan fingerprint density at radius 2 is 1.64 bits per heavy atom. The normalized spacial score (nSPS) is 12.3. The number of ether oxygens (including phenoxy) is 1. The first kappa shape index (κ1) is 36.6. The van der Waals surface area contributed by atoms with Crippen molar-refractivity contribution in [2.45, 2.75) is 32.9 Å². The summed E-state index contributed by atoms with van der Waals surface area (Å²) in [4.78, 5) is 23.7. The van der Waals surface area contributed by atoms with E-state index in [4.69, 9.17) is 27.1 Å². The maximum Gasteiger partial charge on any atom is 0.268 e. The quantitative estimate of drug-likeness (QED) is 0.195. The Bertz CT molecular complexity index is 2420. The summed E-state index contributed by atoms with van der Waals surface area (Å²) in [5.74, 6) is -0.836. The van der Waals surface area contributed by atoms with Crippen molar-refractivity contribution in [2.75, 3.05) is 17.7 Å². The fraction of sp³-hybridized carbons (Fsp3) is 0.235. The van der Waals surface area contributed by atoms with Crippen molar-refractivity contribution < 1.29 is 21.9 Å². The third-order valence-electron chi connectivity index (χ3n) is 8.16. The molecule has 3 aromatic carbocycles. The van der Waals surface area contributed by atoms with Gasteiger partial charge in [-0.25, -0.2) is 31.5 Å². The third kappa shape index (κ3) is 6.88. The Balaban J connectivity index is 0.00000486. The van der Waals surface area contributed by atoms with Gasteiger partial charge in [-0.1, -0.05) is 23.7 Å². The second-order valence-electron chi connectivity index (χ2n) is 11.8. The lowest BCUT2D eigenvalue weighted by atomic mass is 10.0. The van der Waals surface area contributed by atoms with Crippen molar-refractivity contribution in [3.05, 3.63) is 116 Å². The van der Waals surface area contributed by atoms with Crippen molar-refractivity contribution in [3.63, 3.8) is 0 Å². The van der Waals surface area contributed by atoms with Gasteiger partial charge in [0.2, 0.25) is 10.0 Å². The average molecular weight is 745 g/mol. The summed E-state index contributed by atoms with van der Waals surface area (Å²) in [6.45, 7) is 3.47. The second kappa shape index (κ2) is 13.9. The number of aromatic nitrogens is 5. The van der Waals surface area contributed by atoms with Crippen LogP contribution in [0.4, 0.5) is 14.6 Å². The Kier molecular flexibility index (Phi) is 10.2. The van der Waals surface area contributed by atoms with Crippen LogP contribution in [0.2, 0.25) is 5.02 Å². The first-order chi connectivity index (χ1) is 23.2. The van der Waals surface area contributed by atoms with Crippen molar-refractivity contribution in [2.24, 2.45) is 12.8 Å². The fourth-order valence-corrected chi connectivity index (χ4v) is 7.09. The lowest BCUT2D eigenvalue weighted by molar-refractivity contribution is 0.414. The molecular formula is C34H33Cl2F2N7O4S. The largest absolute Gasteiger partial charge is 0.497 e. The van der Waals surface area contributed by atoms with Gasteiger partial charge in [-0.15, -0.1) is 12.4 Å². The van der Waals surface area contributed by atoms with Crippen LogP contribution in [0.5, 0.6) is 5.75 Å². The number of benzene rings is 3. The number of fused-ring (bicyclic) bond motifs is 2. The molecule has 1 atom stereocenters. The third-order valence-corrected chi connectivity index (χ3v) is 9.58. The summed E-state index contributed by atoms with van der Waals surface area (Å²) in [5, 5.41) is 5.29. The van der Waals surface area contributed by atoms with Crippen LogP contribution < -0.4 is 20.3 Å². The van der Waals surface area contributed by atoms with E-state index < -0.39 is 33.3 Å². The molecule has 6 rings (SSSR count). The molecule has 50 heavy (non-hydrogen) atoms. The molecule has 0 spiro atoms. The van der Waals surface area contributed by atoms with Gasteiger partial charge in [-0.3, -0.25) is 14.0 Å². The van der Waals surface area contributed by atoms with Gasteiger partial charge in [-0.05, 0) is 79.4 Å². The van der Waals surface area contributed by atoms with E-state index in [1.54, 1.807) is 57.3 Å². The number of pyridine rings is 1. The Hall–Kier alpha value is -4.63. The number of anilines is 1. The molecule has 0 saturated carbocycles. The molecule has 3 aromatic heterocycles. The lowest BCUT2D eigenvalue weighted by Crippen LogP contribution is -2.30. The molecule has 11 nitrogen and oxygen atoms in total. The van der Waals surface area contributed by atoms with Crippen molar-refractivity contribution in [1.82, 2.24) is 24.3 Å². The van der Waals surface area contributed by atoms with Gasteiger partial charge in [0.05, 0.1) is 53.0 Å². The van der Waals surface area contributed by atoms with Gasteiger partial charge in [0, 0.05) is 18.8 Å². The molecule has 0 radical (unpaired) electrons. The minimum atomic E-state index is -3.92. The van der Waals surface area contributed by atoms with Gasteiger partial charge in [-0.2, -0.15) is 5.10 Å². The van der Waals surface area contributed by atoms with Crippen molar-refractivity contribution >= 4 is 61.8 Å². The average Bonchev–Trinajstić information content (AvgIpc) is 3.36. The summed E-state index contributed by atoms with van der Waals surface area (Å²) < 4.78 is 63.9. The summed E-state index contributed by atoms with van der Waals surface area (Å²) in [6, 6.07) is 13.8. The molecular weight excluding hydrogens is 711 g/mol. The highest BCUT2D eigenvalue weighted by Gasteiger charge is 2.29. The second-order valence-corrected chi connectivity index (χ2v) is 14.1. The van der Waals surface area contributed by atoms with Crippen molar-refractivity contribution in [1.29, 1.82) is 0 Å². The zero-order valence-electron chi connectivity index (χ0n) is 27.6. The van der Waals surface area contributed by atoms with E-state index >= 15 is 0 Å². The smallest absolute Gasteiger partial charge is 0.268 e. The highest BCUT2D eigenvalue weighted by Crippen LogP contribution is 2.38. The van der Waals surface area contributed by atoms with Crippen LogP contribution in [-0.4, -0.2) is 46.1 Å². The van der Waals surface area contributed by atoms with Crippen molar-refractivity contribution in [3.8, 4) is 11.4 Å². The van der Waals surface area contributed by atoms with E-state index in [2.05, 4.69) is 10.1 Å². The SMILES string of the molecule is COc1ccc(CN(c2nn(C)c3c(-n4c(C(N)Cc5cc(F)cc(F)c5)nc5nc(C)cc(C)c5c4=O)ccc(Cl)c23)S(C)(=O)=O)cc1.Cl. The minimum Gasteiger partial charge on any atom is -0.497 e. The Labute approximate surface area is 297 Å². The zero-order valence-corrected chi connectivity index (χ0v) is 30.0. The number of hydrogen-bond acceptors (Lipinski definition) is 8. The molecule has 0 saturated heterocycles. The van der Waals surface area contributed by atoms with Crippen LogP contribution in [0.1, 0.15) is 34.3 Å². The van der Waals surface area contributed by atoms with Crippen LogP contribution >= 0.6 is 24.0 Å². The first-order valence-corrected chi connectivity index (χ1v) is 17.3. The van der Waals surface area contributed by atoms with Crippen LogP contribution in [0.15, 0.2) is 65.5 Å². The van der Waals surface area contributed by atoms with E-state index in [1.165, 1.54) is 22.4 Å². The molecule has 0 fully saturated rings. The molecule has 3 heterocycles. The molecule has 0 aliphatic carbocycles. The van der Waals surface area contributed by atoms with Gasteiger partial charge >= 0.3 is 0 Å². The van der Waals surface area contributed by atoms with Gasteiger partial charge in [0.1, 0.15) is 23.2 Å². The number of sulfonamides is 1. The molecule has 16 heteroatoms. The number of hydrogen-bond donors (Lipinski definition) is 1. The van der Waals surface area contributed by atoms with Gasteiger partial charge in [0.25, 0.3) is 5.56 Å². The molecule has 262 valence electrons. The number of nitrogens with zero attached hydrogens (tertiary/aromatic N) is 6. The number of halogens is 4. The lowest BCUT2D eigenvalue weighted by Gasteiger charge is -2.21. The number of aryl methyl sites for hydroxylation is 3. The summed E-state index contributed by atoms with van der Waals surface area (Å²) in [7, 11) is -0.782. The molecule has 0 bridgehead atoms. The molecule has 0 aliphatic heterocycles. The monoisotopic (exact) mass is 743 g/mol. The topological polar surface area (TPSA) is 138 Å². The maximum absolute atomic E-state index is 14.5. The summed E-state index contributed by atoms with van der Waals surface area (Å²) in [6.07, 6.45) is 0.991. The molecule has 0 amide bonds. The number of nitrogens with two attached hydrogens (primary N) is 1. The van der Waals surface area contributed by atoms with E-state index in [9.17, 15) is 22.0 Å². The van der Waals surface area contributed by atoms with Gasteiger partial charge < -0.3 is 10.5 Å². The number of rotatable bonds is 9. The van der Waals surface area contributed by atoms with Gasteiger partial charge in [0.15, 0.2) is 11.5 Å². The first-order valence-electron chi connectivity index (χ1n) is 15.0. The zero-order chi connectivity index (χ0) is 35.4. The van der Waals surface area contributed by atoms with E-state index in [1.807, 2.05) is 0 Å². The Morgan fingerprint density at radius 3 is 2.26 bits per heavy atom. The minimum absolute atomic E-state index is 0. The predicted octanol–water partition coefficient (Wildman–Crippen LogP) is 5.85. The highest BCUT2D eigenvalue weighted by atomic mass is 35.5. The predicted molar refractivity (Wildman–Crippen MR) is 192 cm³/mol. The number of methoxy groups -OCH3 is 1. The van der Waals surface area contributed by atoms with E-state index in [0.29, 0.717) is 28.1 Å². The molecule has 0 aliphatic rings. The van der Waals surface area contributed by atoms with Crippen LogP contribution in [0.25, 0.3) is 27.6 Å². The summed E-state index contributed by atoms with van der Waals surface area (Å²) >= 11 is 6.79. The Morgan fingerprint density at radius 1 is 0.980 bits per heavy atom. The molecule has 1 unspecified atom stereocenters.